The number of nitrogens with one attached hydrogen (secondary N) is 1. The average molecular weight is 359 g/mol. The van der Waals surface area contributed by atoms with Crippen molar-refractivity contribution < 1.29 is 23.2 Å². The van der Waals surface area contributed by atoms with Crippen molar-refractivity contribution in [2.24, 2.45) is 0 Å². The SMILES string of the molecule is C[C@H](NC(=O)Cc1cc(F)cc(F)c1)C(=O)N(C[C]=O)c1ccccc1. The number of anilines is 1. The topological polar surface area (TPSA) is 66.5 Å². The lowest BCUT2D eigenvalue weighted by Crippen LogP contribution is -2.48. The molecule has 7 heteroatoms. The van der Waals surface area contributed by atoms with Gasteiger partial charge in [-0.3, -0.25) is 14.4 Å². The minimum Gasteiger partial charge on any atom is -0.344 e. The molecular weight excluding hydrogens is 342 g/mol. The number of hydrogen-bond acceptors (Lipinski definition) is 3. The van der Waals surface area contributed by atoms with E-state index in [1.165, 1.54) is 11.8 Å². The fraction of sp³-hybridized carbons (Fsp3) is 0.211. The van der Waals surface area contributed by atoms with Gasteiger partial charge >= 0.3 is 0 Å². The van der Waals surface area contributed by atoms with Crippen LogP contribution in [-0.4, -0.2) is 30.7 Å². The highest BCUT2D eigenvalue weighted by molar-refractivity contribution is 6.00. The molecule has 1 N–H and O–H groups in total. The van der Waals surface area contributed by atoms with Gasteiger partial charge in [0.2, 0.25) is 18.1 Å². The summed E-state index contributed by atoms with van der Waals surface area (Å²) >= 11 is 0. The van der Waals surface area contributed by atoms with E-state index in [-0.39, 0.29) is 18.5 Å². The van der Waals surface area contributed by atoms with Crippen LogP contribution in [0.15, 0.2) is 48.5 Å². The van der Waals surface area contributed by atoms with Gasteiger partial charge in [-0.25, -0.2) is 8.78 Å². The maximum atomic E-state index is 13.2. The molecule has 0 heterocycles. The molecule has 2 aromatic carbocycles. The summed E-state index contributed by atoms with van der Waals surface area (Å²) in [5.41, 5.74) is 0.648. The number of hydrogen-bond donors (Lipinski definition) is 1. The largest absolute Gasteiger partial charge is 0.344 e. The molecule has 0 aromatic heterocycles. The molecule has 0 unspecified atom stereocenters. The molecule has 0 saturated heterocycles. The van der Waals surface area contributed by atoms with Gasteiger partial charge in [-0.15, -0.1) is 0 Å². The monoisotopic (exact) mass is 359 g/mol. The Bertz CT molecular complexity index is 776. The van der Waals surface area contributed by atoms with Crippen LogP contribution in [0, 0.1) is 11.6 Å². The van der Waals surface area contributed by atoms with Crippen LogP contribution in [0.1, 0.15) is 12.5 Å². The summed E-state index contributed by atoms with van der Waals surface area (Å²) in [5.74, 6) is -2.64. The summed E-state index contributed by atoms with van der Waals surface area (Å²) in [6.45, 7) is 1.19. The van der Waals surface area contributed by atoms with Gasteiger partial charge in [0.15, 0.2) is 0 Å². The Morgan fingerprint density at radius 3 is 2.31 bits per heavy atom. The van der Waals surface area contributed by atoms with Crippen molar-refractivity contribution in [3.63, 3.8) is 0 Å². The zero-order chi connectivity index (χ0) is 19.1. The summed E-state index contributed by atoms with van der Waals surface area (Å²) in [4.78, 5) is 36.6. The molecule has 0 aliphatic rings. The molecule has 5 nitrogen and oxygen atoms in total. The van der Waals surface area contributed by atoms with E-state index in [2.05, 4.69) is 5.32 Å². The quantitative estimate of drug-likeness (QED) is 0.824. The lowest BCUT2D eigenvalue weighted by molar-refractivity contribution is -0.126. The molecule has 135 valence electrons. The maximum absolute atomic E-state index is 13.2. The van der Waals surface area contributed by atoms with E-state index in [1.54, 1.807) is 36.6 Å². The molecule has 2 amide bonds. The first-order valence-electron chi connectivity index (χ1n) is 7.86. The molecule has 0 spiro atoms. The lowest BCUT2D eigenvalue weighted by atomic mass is 10.1. The first kappa shape index (κ1) is 19.2. The molecule has 26 heavy (non-hydrogen) atoms. The van der Waals surface area contributed by atoms with Gasteiger partial charge in [-0.1, -0.05) is 18.2 Å². The molecule has 0 aliphatic heterocycles. The lowest BCUT2D eigenvalue weighted by Gasteiger charge is -2.24. The Kier molecular flexibility index (Phi) is 6.54. The highest BCUT2D eigenvalue weighted by Gasteiger charge is 2.23. The Labute approximate surface area is 149 Å². The Morgan fingerprint density at radius 2 is 1.73 bits per heavy atom. The van der Waals surface area contributed by atoms with Crippen molar-refractivity contribution in [1.82, 2.24) is 5.32 Å². The number of amides is 2. The second kappa shape index (κ2) is 8.84. The van der Waals surface area contributed by atoms with E-state index in [9.17, 15) is 23.2 Å². The first-order chi connectivity index (χ1) is 12.4. The molecular formula is C19H17F2N2O3. The Morgan fingerprint density at radius 1 is 1.12 bits per heavy atom. The Balaban J connectivity index is 2.04. The van der Waals surface area contributed by atoms with Gasteiger partial charge in [0, 0.05) is 11.8 Å². The van der Waals surface area contributed by atoms with Gasteiger partial charge in [-0.2, -0.15) is 0 Å². The normalized spacial score (nSPS) is 11.5. The fourth-order valence-corrected chi connectivity index (χ4v) is 2.46. The summed E-state index contributed by atoms with van der Waals surface area (Å²) in [6, 6.07) is 10.4. The standard InChI is InChI=1S/C19H17F2N2O3/c1-13(19(26)23(7-8-24)17-5-3-2-4-6-17)22-18(25)11-14-9-15(20)12-16(21)10-14/h2-6,9-10,12-13H,7,11H2,1H3,(H,22,25)/t13-/m0/s1. The maximum Gasteiger partial charge on any atom is 0.249 e. The minimum absolute atomic E-state index is 0.154. The second-order valence-corrected chi connectivity index (χ2v) is 5.65. The number of nitrogens with zero attached hydrogens (tertiary/aromatic N) is 1. The highest BCUT2D eigenvalue weighted by Crippen LogP contribution is 2.14. The molecule has 2 rings (SSSR count). The number of rotatable bonds is 7. The summed E-state index contributed by atoms with van der Waals surface area (Å²) in [6.07, 6.45) is 1.39. The first-order valence-corrected chi connectivity index (χ1v) is 7.86. The van der Waals surface area contributed by atoms with Crippen molar-refractivity contribution in [2.45, 2.75) is 19.4 Å². The van der Waals surface area contributed by atoms with Gasteiger partial charge < -0.3 is 10.2 Å². The van der Waals surface area contributed by atoms with Crippen LogP contribution >= 0.6 is 0 Å². The van der Waals surface area contributed by atoms with Gasteiger partial charge in [0.25, 0.3) is 0 Å². The van der Waals surface area contributed by atoms with Crippen LogP contribution in [0.4, 0.5) is 14.5 Å². The van der Waals surface area contributed by atoms with Crippen LogP contribution in [0.5, 0.6) is 0 Å². The predicted octanol–water partition coefficient (Wildman–Crippen LogP) is 2.15. The molecule has 2 aromatic rings. The van der Waals surface area contributed by atoms with E-state index in [1.807, 2.05) is 0 Å². The summed E-state index contributed by atoms with van der Waals surface area (Å²) < 4.78 is 26.4. The second-order valence-electron chi connectivity index (χ2n) is 5.65. The van der Waals surface area contributed by atoms with E-state index in [4.69, 9.17) is 0 Å². The van der Waals surface area contributed by atoms with Gasteiger partial charge in [-0.05, 0) is 36.8 Å². The minimum atomic E-state index is -0.936. The highest BCUT2D eigenvalue weighted by atomic mass is 19.1. The van der Waals surface area contributed by atoms with Crippen LogP contribution in [0.3, 0.4) is 0 Å². The van der Waals surface area contributed by atoms with Crippen LogP contribution in [-0.2, 0) is 20.8 Å². The third-order valence-corrected chi connectivity index (χ3v) is 3.59. The fourth-order valence-electron chi connectivity index (χ4n) is 2.46. The van der Waals surface area contributed by atoms with Crippen molar-refractivity contribution in [2.75, 3.05) is 11.4 Å². The molecule has 0 bridgehead atoms. The number of para-hydroxylation sites is 1. The predicted molar refractivity (Wildman–Crippen MR) is 92.2 cm³/mol. The number of carbonyl (C=O) groups excluding carboxylic acids is 3. The number of carbonyl (C=O) groups is 2. The van der Waals surface area contributed by atoms with Crippen LogP contribution in [0.25, 0.3) is 0 Å². The smallest absolute Gasteiger partial charge is 0.249 e. The average Bonchev–Trinajstić information content (AvgIpc) is 2.58. The zero-order valence-electron chi connectivity index (χ0n) is 14.0. The van der Waals surface area contributed by atoms with Crippen molar-refractivity contribution in [3.8, 4) is 0 Å². The Hall–Kier alpha value is -3.09. The van der Waals surface area contributed by atoms with E-state index in [0.717, 1.165) is 12.1 Å². The summed E-state index contributed by atoms with van der Waals surface area (Å²) in [5, 5.41) is 2.47. The third kappa shape index (κ3) is 5.20. The van der Waals surface area contributed by atoms with Gasteiger partial charge in [0.1, 0.15) is 17.7 Å². The van der Waals surface area contributed by atoms with Crippen molar-refractivity contribution >= 4 is 23.8 Å². The van der Waals surface area contributed by atoms with E-state index < -0.39 is 29.5 Å². The van der Waals surface area contributed by atoms with Gasteiger partial charge in [0.05, 0.1) is 13.0 Å². The summed E-state index contributed by atoms with van der Waals surface area (Å²) in [7, 11) is 0. The molecule has 0 fully saturated rings. The number of halogens is 2. The molecule has 1 atom stereocenters. The third-order valence-electron chi connectivity index (χ3n) is 3.59. The number of benzene rings is 2. The molecule has 1 radical (unpaired) electrons. The molecule has 0 aliphatic carbocycles. The van der Waals surface area contributed by atoms with Crippen LogP contribution in [0.2, 0.25) is 0 Å². The van der Waals surface area contributed by atoms with Crippen molar-refractivity contribution in [1.29, 1.82) is 0 Å². The van der Waals surface area contributed by atoms with Crippen LogP contribution < -0.4 is 10.2 Å². The van der Waals surface area contributed by atoms with Crippen molar-refractivity contribution in [3.05, 3.63) is 65.7 Å². The molecule has 0 saturated carbocycles. The van der Waals surface area contributed by atoms with E-state index in [0.29, 0.717) is 11.8 Å². The zero-order valence-corrected chi connectivity index (χ0v) is 14.0. The van der Waals surface area contributed by atoms with E-state index >= 15 is 0 Å².